The molecule has 1 aromatic carbocycles. The number of nitrogens with one attached hydrogen (secondary N) is 2. The SMILES string of the molecule is CN=C(NCc1sc(C)nc1C)Nc1ccc(OC)c(OC)c1. The van der Waals surface area contributed by atoms with E-state index in [0.717, 1.165) is 16.4 Å². The van der Waals surface area contributed by atoms with E-state index in [9.17, 15) is 0 Å². The minimum atomic E-state index is 0.668. The van der Waals surface area contributed by atoms with Crippen molar-refractivity contribution in [1.29, 1.82) is 0 Å². The van der Waals surface area contributed by atoms with Crippen LogP contribution in [-0.4, -0.2) is 32.2 Å². The van der Waals surface area contributed by atoms with E-state index >= 15 is 0 Å². The summed E-state index contributed by atoms with van der Waals surface area (Å²) in [4.78, 5) is 9.87. The maximum absolute atomic E-state index is 5.31. The van der Waals surface area contributed by atoms with E-state index in [0.29, 0.717) is 24.0 Å². The zero-order chi connectivity index (χ0) is 16.8. The number of anilines is 1. The Morgan fingerprint density at radius 2 is 1.96 bits per heavy atom. The lowest BCUT2D eigenvalue weighted by molar-refractivity contribution is 0.355. The molecule has 2 rings (SSSR count). The summed E-state index contributed by atoms with van der Waals surface area (Å²) in [6, 6.07) is 5.63. The standard InChI is InChI=1S/C16H22N4O2S/c1-10-15(23-11(2)19-10)9-18-16(17-3)20-12-6-7-13(21-4)14(8-12)22-5/h6-8H,9H2,1-5H3,(H2,17,18,20). The van der Waals surface area contributed by atoms with Gasteiger partial charge in [0.15, 0.2) is 17.5 Å². The molecule has 2 N–H and O–H groups in total. The van der Waals surface area contributed by atoms with Crippen LogP contribution in [0.15, 0.2) is 23.2 Å². The highest BCUT2D eigenvalue weighted by Gasteiger charge is 2.08. The molecule has 0 aliphatic carbocycles. The minimum absolute atomic E-state index is 0.668. The van der Waals surface area contributed by atoms with Gasteiger partial charge in [0.2, 0.25) is 0 Å². The van der Waals surface area contributed by atoms with E-state index < -0.39 is 0 Å². The molecular weight excluding hydrogens is 312 g/mol. The van der Waals surface area contributed by atoms with Crippen molar-refractivity contribution in [3.63, 3.8) is 0 Å². The van der Waals surface area contributed by atoms with E-state index in [1.807, 2.05) is 32.0 Å². The first kappa shape index (κ1) is 17.1. The fourth-order valence-corrected chi connectivity index (χ4v) is 3.01. The molecule has 0 unspecified atom stereocenters. The van der Waals surface area contributed by atoms with Crippen LogP contribution in [0, 0.1) is 13.8 Å². The van der Waals surface area contributed by atoms with Crippen LogP contribution >= 0.6 is 11.3 Å². The van der Waals surface area contributed by atoms with Gasteiger partial charge < -0.3 is 20.1 Å². The molecule has 7 heteroatoms. The second-order valence-electron chi connectivity index (χ2n) is 4.86. The molecule has 0 aliphatic rings. The summed E-state index contributed by atoms with van der Waals surface area (Å²) in [7, 11) is 4.97. The van der Waals surface area contributed by atoms with E-state index in [1.165, 1.54) is 4.88 Å². The van der Waals surface area contributed by atoms with Gasteiger partial charge in [-0.25, -0.2) is 4.98 Å². The van der Waals surface area contributed by atoms with Gasteiger partial charge in [0.05, 0.1) is 31.5 Å². The predicted molar refractivity (Wildman–Crippen MR) is 95.0 cm³/mol. The fraction of sp³-hybridized carbons (Fsp3) is 0.375. The summed E-state index contributed by atoms with van der Waals surface area (Å²) < 4.78 is 10.5. The first-order valence-corrected chi connectivity index (χ1v) is 8.01. The van der Waals surface area contributed by atoms with Crippen molar-refractivity contribution < 1.29 is 9.47 Å². The first-order chi connectivity index (χ1) is 11.1. The number of guanidine groups is 1. The first-order valence-electron chi connectivity index (χ1n) is 7.20. The third kappa shape index (κ3) is 4.35. The number of methoxy groups -OCH3 is 2. The number of aliphatic imine (C=N–C) groups is 1. The van der Waals surface area contributed by atoms with Gasteiger partial charge in [-0.1, -0.05) is 0 Å². The number of aryl methyl sites for hydroxylation is 2. The molecule has 23 heavy (non-hydrogen) atoms. The third-order valence-electron chi connectivity index (χ3n) is 3.29. The second-order valence-corrected chi connectivity index (χ2v) is 6.15. The number of thiazole rings is 1. The Kier molecular flexibility index (Phi) is 5.81. The van der Waals surface area contributed by atoms with Gasteiger partial charge in [-0.2, -0.15) is 0 Å². The molecule has 0 saturated carbocycles. The number of hydrogen-bond donors (Lipinski definition) is 2. The van der Waals surface area contributed by atoms with Crippen molar-refractivity contribution in [2.24, 2.45) is 4.99 Å². The molecule has 0 bridgehead atoms. The highest BCUT2D eigenvalue weighted by molar-refractivity contribution is 7.11. The maximum Gasteiger partial charge on any atom is 0.195 e. The van der Waals surface area contributed by atoms with Crippen LogP contribution in [0.4, 0.5) is 5.69 Å². The van der Waals surface area contributed by atoms with Crippen LogP contribution < -0.4 is 20.1 Å². The second kappa shape index (κ2) is 7.82. The van der Waals surface area contributed by atoms with Gasteiger partial charge in [-0.3, -0.25) is 4.99 Å². The summed E-state index contributed by atoms with van der Waals surface area (Å²) in [6.07, 6.45) is 0. The van der Waals surface area contributed by atoms with E-state index in [2.05, 4.69) is 20.6 Å². The van der Waals surface area contributed by atoms with Gasteiger partial charge in [-0.05, 0) is 26.0 Å². The summed E-state index contributed by atoms with van der Waals surface area (Å²) in [6.45, 7) is 4.72. The molecule has 124 valence electrons. The smallest absolute Gasteiger partial charge is 0.195 e. The van der Waals surface area contributed by atoms with Crippen LogP contribution in [0.1, 0.15) is 15.6 Å². The number of aromatic nitrogens is 1. The molecule has 0 amide bonds. The van der Waals surface area contributed by atoms with Crippen molar-refractivity contribution in [2.75, 3.05) is 26.6 Å². The maximum atomic E-state index is 5.31. The van der Waals surface area contributed by atoms with Crippen molar-refractivity contribution in [1.82, 2.24) is 10.3 Å². The lowest BCUT2D eigenvalue weighted by Crippen LogP contribution is -2.30. The van der Waals surface area contributed by atoms with Crippen molar-refractivity contribution in [3.8, 4) is 11.5 Å². The van der Waals surface area contributed by atoms with Gasteiger partial charge in [-0.15, -0.1) is 11.3 Å². The molecule has 0 fully saturated rings. The Bertz CT molecular complexity index is 697. The summed E-state index contributed by atoms with van der Waals surface area (Å²) >= 11 is 1.69. The zero-order valence-electron chi connectivity index (χ0n) is 14.1. The Morgan fingerprint density at radius 3 is 2.52 bits per heavy atom. The Hall–Kier alpha value is -2.28. The zero-order valence-corrected chi connectivity index (χ0v) is 14.9. The highest BCUT2D eigenvalue weighted by Crippen LogP contribution is 2.29. The van der Waals surface area contributed by atoms with Crippen LogP contribution in [0.25, 0.3) is 0 Å². The topological polar surface area (TPSA) is 67.8 Å². The Labute approximate surface area is 140 Å². The molecule has 2 aromatic rings. The van der Waals surface area contributed by atoms with Crippen LogP contribution in [-0.2, 0) is 6.54 Å². The Morgan fingerprint density at radius 1 is 1.22 bits per heavy atom. The highest BCUT2D eigenvalue weighted by atomic mass is 32.1. The summed E-state index contributed by atoms with van der Waals surface area (Å²) in [5.74, 6) is 2.04. The third-order valence-corrected chi connectivity index (χ3v) is 4.36. The molecule has 1 heterocycles. The number of benzene rings is 1. The average molecular weight is 334 g/mol. The molecule has 6 nitrogen and oxygen atoms in total. The molecule has 0 saturated heterocycles. The summed E-state index contributed by atoms with van der Waals surface area (Å²) in [5.41, 5.74) is 1.93. The molecular formula is C16H22N4O2S. The van der Waals surface area contributed by atoms with Gasteiger partial charge in [0, 0.05) is 23.7 Å². The lowest BCUT2D eigenvalue weighted by Gasteiger charge is -2.13. The predicted octanol–water partition coefficient (Wildman–Crippen LogP) is 2.96. The van der Waals surface area contributed by atoms with Crippen molar-refractivity contribution in [2.45, 2.75) is 20.4 Å². The van der Waals surface area contributed by atoms with Crippen molar-refractivity contribution >= 4 is 23.0 Å². The summed E-state index contributed by atoms with van der Waals surface area (Å²) in [5, 5.41) is 7.60. The quantitative estimate of drug-likeness (QED) is 0.650. The van der Waals surface area contributed by atoms with Crippen molar-refractivity contribution in [3.05, 3.63) is 33.8 Å². The molecule has 0 aliphatic heterocycles. The fourth-order valence-electron chi connectivity index (χ4n) is 2.13. The number of ether oxygens (including phenoxy) is 2. The normalized spacial score (nSPS) is 11.3. The lowest BCUT2D eigenvalue weighted by atomic mass is 10.2. The van der Waals surface area contributed by atoms with E-state index in [4.69, 9.17) is 9.47 Å². The molecule has 0 atom stereocenters. The molecule has 1 aromatic heterocycles. The number of hydrogen-bond acceptors (Lipinski definition) is 5. The van der Waals surface area contributed by atoms with Crippen LogP contribution in [0.2, 0.25) is 0 Å². The van der Waals surface area contributed by atoms with Gasteiger partial charge in [0.1, 0.15) is 0 Å². The van der Waals surface area contributed by atoms with Crippen LogP contribution in [0.5, 0.6) is 11.5 Å². The monoisotopic (exact) mass is 334 g/mol. The number of rotatable bonds is 5. The molecule has 0 radical (unpaired) electrons. The van der Waals surface area contributed by atoms with E-state index in [-0.39, 0.29) is 0 Å². The average Bonchev–Trinajstić information content (AvgIpc) is 2.88. The molecule has 0 spiro atoms. The van der Waals surface area contributed by atoms with Gasteiger partial charge >= 0.3 is 0 Å². The largest absolute Gasteiger partial charge is 0.493 e. The van der Waals surface area contributed by atoms with Gasteiger partial charge in [0.25, 0.3) is 0 Å². The Balaban J connectivity index is 2.04. The number of nitrogens with zero attached hydrogens (tertiary/aromatic N) is 2. The van der Waals surface area contributed by atoms with Crippen LogP contribution in [0.3, 0.4) is 0 Å². The van der Waals surface area contributed by atoms with E-state index in [1.54, 1.807) is 32.6 Å². The minimum Gasteiger partial charge on any atom is -0.493 e.